The van der Waals surface area contributed by atoms with E-state index in [1.54, 1.807) is 19.5 Å². The van der Waals surface area contributed by atoms with E-state index in [4.69, 9.17) is 4.74 Å². The normalized spacial score (nSPS) is 13.0. The van der Waals surface area contributed by atoms with Gasteiger partial charge >= 0.3 is 0 Å². The molecular weight excluding hydrogens is 190 g/mol. The summed E-state index contributed by atoms with van der Waals surface area (Å²) in [7, 11) is 1.62. The molecule has 1 aromatic rings. The Bertz CT molecular complexity index is 323. The van der Waals surface area contributed by atoms with E-state index >= 15 is 0 Å². The Balaban J connectivity index is 2.56. The summed E-state index contributed by atoms with van der Waals surface area (Å²) in [5.41, 5.74) is 0.984. The third kappa shape index (κ3) is 4.13. The fourth-order valence-electron chi connectivity index (χ4n) is 1.17. The highest BCUT2D eigenvalue weighted by molar-refractivity contribution is 5.49. The van der Waals surface area contributed by atoms with Crippen LogP contribution in [-0.2, 0) is 0 Å². The summed E-state index contributed by atoms with van der Waals surface area (Å²) in [4.78, 5) is 4.03. The van der Waals surface area contributed by atoms with Gasteiger partial charge in [0.25, 0.3) is 0 Å². The maximum Gasteiger partial charge on any atom is 0.137 e. The van der Waals surface area contributed by atoms with Crippen LogP contribution in [0.25, 0.3) is 6.08 Å². The highest BCUT2D eigenvalue weighted by Crippen LogP contribution is 2.12. The van der Waals surface area contributed by atoms with Gasteiger partial charge in [-0.05, 0) is 24.5 Å². The minimum Gasteiger partial charge on any atom is -0.495 e. The summed E-state index contributed by atoms with van der Waals surface area (Å²) in [6, 6.07) is 1.90. The van der Waals surface area contributed by atoms with Crippen molar-refractivity contribution in [1.82, 2.24) is 4.98 Å². The molecule has 1 atom stereocenters. The van der Waals surface area contributed by atoms with Crippen LogP contribution in [0, 0.1) is 0 Å². The highest BCUT2D eigenvalue weighted by Gasteiger charge is 1.96. The van der Waals surface area contributed by atoms with E-state index in [9.17, 15) is 5.11 Å². The Kier molecular flexibility index (Phi) is 4.84. The van der Waals surface area contributed by atoms with Crippen LogP contribution in [0.3, 0.4) is 0 Å². The van der Waals surface area contributed by atoms with Gasteiger partial charge in [-0.3, -0.25) is 4.98 Å². The smallest absolute Gasteiger partial charge is 0.137 e. The molecule has 0 amide bonds. The minimum absolute atomic E-state index is 0.250. The van der Waals surface area contributed by atoms with Crippen LogP contribution >= 0.6 is 0 Å². The molecule has 0 aromatic carbocycles. The van der Waals surface area contributed by atoms with Crippen LogP contribution in [0.5, 0.6) is 5.75 Å². The first-order valence-electron chi connectivity index (χ1n) is 5.10. The molecule has 0 saturated carbocycles. The molecule has 15 heavy (non-hydrogen) atoms. The van der Waals surface area contributed by atoms with Gasteiger partial charge in [-0.2, -0.15) is 0 Å². The standard InChI is InChI=1S/C12H17NO2/c1-3-11(14)6-4-5-10-7-12(15-2)9-13-8-10/h4-5,7-9,11,14H,3,6H2,1-2H3. The molecule has 0 radical (unpaired) electrons. The van der Waals surface area contributed by atoms with Gasteiger partial charge in [-0.25, -0.2) is 0 Å². The number of nitrogens with zero attached hydrogens (tertiary/aromatic N) is 1. The fourth-order valence-corrected chi connectivity index (χ4v) is 1.17. The third-order valence-electron chi connectivity index (χ3n) is 2.16. The van der Waals surface area contributed by atoms with E-state index in [0.29, 0.717) is 6.42 Å². The summed E-state index contributed by atoms with van der Waals surface area (Å²) in [5, 5.41) is 9.35. The average Bonchev–Trinajstić information content (AvgIpc) is 2.29. The number of aromatic nitrogens is 1. The van der Waals surface area contributed by atoms with Crippen LogP contribution in [0.1, 0.15) is 25.3 Å². The van der Waals surface area contributed by atoms with Crippen molar-refractivity contribution in [1.29, 1.82) is 0 Å². The van der Waals surface area contributed by atoms with Crippen LogP contribution in [0.15, 0.2) is 24.5 Å². The molecule has 1 rings (SSSR count). The molecular formula is C12H17NO2. The van der Waals surface area contributed by atoms with Crippen LogP contribution in [0.4, 0.5) is 0 Å². The first-order chi connectivity index (χ1) is 7.26. The average molecular weight is 207 g/mol. The number of ether oxygens (including phenoxy) is 1. The van der Waals surface area contributed by atoms with Gasteiger partial charge in [0.2, 0.25) is 0 Å². The van der Waals surface area contributed by atoms with Crippen molar-refractivity contribution in [2.24, 2.45) is 0 Å². The third-order valence-corrected chi connectivity index (χ3v) is 2.16. The van der Waals surface area contributed by atoms with E-state index in [2.05, 4.69) is 4.98 Å². The lowest BCUT2D eigenvalue weighted by atomic mass is 10.1. The molecule has 0 aliphatic carbocycles. The van der Waals surface area contributed by atoms with Crippen LogP contribution in [-0.4, -0.2) is 23.3 Å². The maximum absolute atomic E-state index is 9.35. The fraction of sp³-hybridized carbons (Fsp3) is 0.417. The predicted octanol–water partition coefficient (Wildman–Crippen LogP) is 2.26. The molecule has 3 heteroatoms. The van der Waals surface area contributed by atoms with Crippen LogP contribution in [0.2, 0.25) is 0 Å². The Labute approximate surface area is 90.4 Å². The van der Waals surface area contributed by atoms with E-state index in [0.717, 1.165) is 17.7 Å². The molecule has 82 valence electrons. The van der Waals surface area contributed by atoms with Crippen molar-refractivity contribution in [3.8, 4) is 5.75 Å². The van der Waals surface area contributed by atoms with Gasteiger partial charge in [0.15, 0.2) is 0 Å². The number of hydrogen-bond acceptors (Lipinski definition) is 3. The minimum atomic E-state index is -0.250. The van der Waals surface area contributed by atoms with Crippen molar-refractivity contribution in [3.63, 3.8) is 0 Å². The molecule has 0 aliphatic heterocycles. The van der Waals surface area contributed by atoms with Gasteiger partial charge in [-0.1, -0.05) is 19.1 Å². The Morgan fingerprint density at radius 3 is 3.00 bits per heavy atom. The van der Waals surface area contributed by atoms with Gasteiger partial charge < -0.3 is 9.84 Å². The highest BCUT2D eigenvalue weighted by atomic mass is 16.5. The van der Waals surface area contributed by atoms with Crippen molar-refractivity contribution in [2.45, 2.75) is 25.9 Å². The van der Waals surface area contributed by atoms with Gasteiger partial charge in [0, 0.05) is 6.20 Å². The second-order valence-corrected chi connectivity index (χ2v) is 3.36. The first-order valence-corrected chi connectivity index (χ1v) is 5.10. The maximum atomic E-state index is 9.35. The molecule has 3 nitrogen and oxygen atoms in total. The second-order valence-electron chi connectivity index (χ2n) is 3.36. The lowest BCUT2D eigenvalue weighted by Crippen LogP contribution is -2.00. The van der Waals surface area contributed by atoms with Gasteiger partial charge in [0.05, 0.1) is 19.4 Å². The number of hydrogen-bond donors (Lipinski definition) is 1. The zero-order valence-corrected chi connectivity index (χ0v) is 9.18. The van der Waals surface area contributed by atoms with Crippen molar-refractivity contribution < 1.29 is 9.84 Å². The Morgan fingerprint density at radius 1 is 1.53 bits per heavy atom. The molecule has 0 aliphatic rings. The second kappa shape index (κ2) is 6.19. The van der Waals surface area contributed by atoms with Crippen molar-refractivity contribution in [2.75, 3.05) is 7.11 Å². The van der Waals surface area contributed by atoms with Crippen molar-refractivity contribution in [3.05, 3.63) is 30.1 Å². The lowest BCUT2D eigenvalue weighted by molar-refractivity contribution is 0.174. The summed E-state index contributed by atoms with van der Waals surface area (Å²) in [5.74, 6) is 0.744. The summed E-state index contributed by atoms with van der Waals surface area (Å²) < 4.78 is 5.06. The summed E-state index contributed by atoms with van der Waals surface area (Å²) >= 11 is 0. The molecule has 1 heterocycles. The molecule has 0 bridgehead atoms. The van der Waals surface area contributed by atoms with Crippen molar-refractivity contribution >= 4 is 6.08 Å². The quantitative estimate of drug-likeness (QED) is 0.805. The number of methoxy groups -OCH3 is 1. The molecule has 1 N–H and O–H groups in total. The van der Waals surface area contributed by atoms with Gasteiger partial charge in [0.1, 0.15) is 5.75 Å². The topological polar surface area (TPSA) is 42.4 Å². The van der Waals surface area contributed by atoms with E-state index in [1.165, 1.54) is 0 Å². The molecule has 0 saturated heterocycles. The number of pyridine rings is 1. The van der Waals surface area contributed by atoms with Crippen LogP contribution < -0.4 is 4.74 Å². The molecule has 0 fully saturated rings. The monoisotopic (exact) mass is 207 g/mol. The largest absolute Gasteiger partial charge is 0.495 e. The molecule has 0 spiro atoms. The van der Waals surface area contributed by atoms with E-state index in [-0.39, 0.29) is 6.10 Å². The lowest BCUT2D eigenvalue weighted by Gasteiger charge is -2.02. The zero-order valence-electron chi connectivity index (χ0n) is 9.18. The SMILES string of the molecule is CCC(O)CC=Cc1cncc(OC)c1. The predicted molar refractivity (Wildman–Crippen MR) is 60.7 cm³/mol. The summed E-state index contributed by atoms with van der Waals surface area (Å²) in [6.07, 6.45) is 8.52. The van der Waals surface area contributed by atoms with E-state index in [1.807, 2.05) is 25.1 Å². The first kappa shape index (κ1) is 11.7. The molecule has 1 unspecified atom stereocenters. The number of rotatable bonds is 5. The zero-order chi connectivity index (χ0) is 11.1. The number of aliphatic hydroxyl groups excluding tert-OH is 1. The molecule has 1 aromatic heterocycles. The van der Waals surface area contributed by atoms with Gasteiger partial charge in [-0.15, -0.1) is 0 Å². The summed E-state index contributed by atoms with van der Waals surface area (Å²) in [6.45, 7) is 1.96. The Morgan fingerprint density at radius 2 is 2.33 bits per heavy atom. The van der Waals surface area contributed by atoms with E-state index < -0.39 is 0 Å². The Hall–Kier alpha value is -1.35. The number of aliphatic hydroxyl groups is 1.